The smallest absolute Gasteiger partial charge is 0.385 e. The van der Waals surface area contributed by atoms with Crippen LogP contribution in [0.15, 0.2) is 108 Å². The molecule has 5 aromatic rings. The van der Waals surface area contributed by atoms with Gasteiger partial charge in [-0.2, -0.15) is 43.9 Å². The number of benzene rings is 4. The third kappa shape index (κ3) is 9.44. The number of hydrogen-bond acceptors (Lipinski definition) is 3. The van der Waals surface area contributed by atoms with Crippen molar-refractivity contribution < 1.29 is 53.2 Å². The lowest BCUT2D eigenvalue weighted by Crippen LogP contribution is -2.48. The molecule has 15 heteroatoms. The van der Waals surface area contributed by atoms with Crippen molar-refractivity contribution in [1.82, 2.24) is 4.48 Å². The summed E-state index contributed by atoms with van der Waals surface area (Å²) in [7, 11) is -2.71. The number of rotatable bonds is 11. The summed E-state index contributed by atoms with van der Waals surface area (Å²) >= 11 is 0. The highest BCUT2D eigenvalue weighted by Crippen LogP contribution is 2.45. The van der Waals surface area contributed by atoms with Crippen LogP contribution in [0.4, 0.5) is 43.9 Å². The van der Waals surface area contributed by atoms with Crippen LogP contribution in [0.3, 0.4) is 0 Å². The minimum absolute atomic E-state index is 0.0139. The van der Waals surface area contributed by atoms with E-state index in [9.17, 15) is 43.9 Å². The van der Waals surface area contributed by atoms with Gasteiger partial charge in [0.25, 0.3) is 0 Å². The number of hydrogen-bond donors (Lipinski definition) is 0. The standard InChI is InChI=1S/C47H45BF10N2O2/c1-28-13-15-32(16-14-28)40-36-12-10-9-11-35(36)39(59-40)29(2)41-37(30-17-21-33(22-18-30)42(3,4)5)25-38(31-19-23-34(24-20-31)43(6,7)8)60(41)48(61-26-44(49,50)46(53,54)55)62-27-45(51,52)47(56,57)58/h9-25H,26-27H2,1-8H3/b39-29-. The summed E-state index contributed by atoms with van der Waals surface area (Å²) < 4.78 is 152. The molecule has 0 radical (unpaired) electrons. The van der Waals surface area contributed by atoms with Gasteiger partial charge in [0.1, 0.15) is 13.2 Å². The molecule has 1 aromatic heterocycles. The summed E-state index contributed by atoms with van der Waals surface area (Å²) in [6, 6.07) is 30.1. The molecule has 328 valence electrons. The Bertz CT molecular complexity index is 2440. The Balaban J connectivity index is 1.72. The highest BCUT2D eigenvalue weighted by atomic mass is 19.4. The second-order valence-electron chi connectivity index (χ2n) is 17.5. The van der Waals surface area contributed by atoms with Crippen molar-refractivity contribution in [3.05, 3.63) is 142 Å². The molecule has 0 amide bonds. The molecular weight excluding hydrogens is 825 g/mol. The molecule has 62 heavy (non-hydrogen) atoms. The fraction of sp³-hybridized carbons (Fsp3) is 0.340. The molecule has 0 aliphatic carbocycles. The van der Waals surface area contributed by atoms with Crippen molar-refractivity contribution >= 4 is 24.2 Å². The third-order valence-corrected chi connectivity index (χ3v) is 10.7. The number of nitrogens with zero attached hydrogens (tertiary/aromatic N) is 2. The quantitative estimate of drug-likeness (QED) is 0.0979. The number of allylic oxidation sites excluding steroid dienone is 1. The van der Waals surface area contributed by atoms with Crippen LogP contribution in [0.5, 0.6) is 0 Å². The number of halogens is 10. The lowest BCUT2D eigenvalue weighted by molar-refractivity contribution is -0.295. The molecule has 4 aromatic carbocycles. The fourth-order valence-electron chi connectivity index (χ4n) is 7.03. The Morgan fingerprint density at radius 2 is 1.00 bits per heavy atom. The maximum absolute atomic E-state index is 14.7. The van der Waals surface area contributed by atoms with Crippen LogP contribution in [-0.4, -0.2) is 54.9 Å². The van der Waals surface area contributed by atoms with E-state index >= 15 is 0 Å². The van der Waals surface area contributed by atoms with Gasteiger partial charge in [-0.15, -0.1) is 0 Å². The van der Waals surface area contributed by atoms with Crippen LogP contribution < -0.4 is 0 Å². The van der Waals surface area contributed by atoms with Crippen LogP contribution >= 0.6 is 0 Å². The first kappa shape index (κ1) is 46.4. The van der Waals surface area contributed by atoms with Gasteiger partial charge in [0, 0.05) is 33.6 Å². The molecule has 6 rings (SSSR count). The zero-order chi connectivity index (χ0) is 45.8. The summed E-state index contributed by atoms with van der Waals surface area (Å²) in [5.74, 6) is -11.1. The van der Waals surface area contributed by atoms with E-state index in [1.54, 1.807) is 67.6 Å². The monoisotopic (exact) mass is 870 g/mol. The molecule has 0 atom stereocenters. The average molecular weight is 871 g/mol. The van der Waals surface area contributed by atoms with Crippen molar-refractivity contribution in [2.75, 3.05) is 13.2 Å². The summed E-state index contributed by atoms with van der Waals surface area (Å²) in [5.41, 5.74) is 6.20. The Labute approximate surface area is 354 Å². The minimum Gasteiger partial charge on any atom is -0.385 e. The van der Waals surface area contributed by atoms with Crippen LogP contribution in [-0.2, 0) is 20.1 Å². The van der Waals surface area contributed by atoms with Gasteiger partial charge in [0.05, 0.1) is 11.4 Å². The molecular formula is C47H45BF10N2O2. The van der Waals surface area contributed by atoms with Gasteiger partial charge in [0.2, 0.25) is 0 Å². The zero-order valence-electron chi connectivity index (χ0n) is 35.3. The highest BCUT2D eigenvalue weighted by Gasteiger charge is 2.60. The Morgan fingerprint density at radius 3 is 1.45 bits per heavy atom. The molecule has 0 saturated carbocycles. The predicted molar refractivity (Wildman–Crippen MR) is 224 cm³/mol. The van der Waals surface area contributed by atoms with E-state index in [4.69, 9.17) is 14.3 Å². The van der Waals surface area contributed by atoms with Crippen LogP contribution in [0.25, 0.3) is 33.7 Å². The number of aliphatic imine (C=N–C) groups is 1. The maximum Gasteiger partial charge on any atom is 0.598 e. The van der Waals surface area contributed by atoms with E-state index in [2.05, 4.69) is 0 Å². The molecule has 0 spiro atoms. The Kier molecular flexibility index (Phi) is 12.4. The van der Waals surface area contributed by atoms with Crippen molar-refractivity contribution in [2.45, 2.75) is 90.4 Å². The van der Waals surface area contributed by atoms with Gasteiger partial charge in [-0.3, -0.25) is 0 Å². The fourth-order valence-corrected chi connectivity index (χ4v) is 7.03. The van der Waals surface area contributed by atoms with E-state index < -0.39 is 44.7 Å². The highest BCUT2D eigenvalue weighted by molar-refractivity contribution is 6.44. The van der Waals surface area contributed by atoms with Gasteiger partial charge in [0.15, 0.2) is 0 Å². The van der Waals surface area contributed by atoms with Gasteiger partial charge in [-0.05, 0) is 58.6 Å². The summed E-state index contributed by atoms with van der Waals surface area (Å²) in [6.07, 6.45) is -12.4. The molecule has 1 aliphatic heterocycles. The van der Waals surface area contributed by atoms with Gasteiger partial charge in [-0.1, -0.05) is 144 Å². The maximum atomic E-state index is 14.7. The first-order valence-corrected chi connectivity index (χ1v) is 19.7. The zero-order valence-corrected chi connectivity index (χ0v) is 35.3. The van der Waals surface area contributed by atoms with Crippen molar-refractivity contribution in [2.24, 2.45) is 4.99 Å². The topological polar surface area (TPSA) is 35.8 Å². The molecule has 0 unspecified atom stereocenters. The third-order valence-electron chi connectivity index (χ3n) is 10.7. The van der Waals surface area contributed by atoms with Gasteiger partial charge >= 0.3 is 31.5 Å². The first-order chi connectivity index (χ1) is 28.6. The molecule has 0 bridgehead atoms. The van der Waals surface area contributed by atoms with Crippen molar-refractivity contribution in [1.29, 1.82) is 0 Å². The molecule has 0 fully saturated rings. The van der Waals surface area contributed by atoms with E-state index in [0.717, 1.165) is 26.7 Å². The number of alkyl halides is 10. The summed E-state index contributed by atoms with van der Waals surface area (Å²) in [4.78, 5) is 5.03. The SMILES string of the molecule is C/C(=C1/N=C(c2ccc(C)cc2)c2ccccc21)c1c(-c2ccc(C(C)(C)C)cc2)cc(-c2ccc(C(C)(C)C)cc2)n1B(OCC(F)(F)C(F)(F)F)OCC(F)(F)C(F)(F)F. The number of fused-ring (bicyclic) bond motifs is 1. The molecule has 0 N–H and O–H groups in total. The summed E-state index contributed by atoms with van der Waals surface area (Å²) in [5, 5.41) is 0. The van der Waals surface area contributed by atoms with Crippen molar-refractivity contribution in [3.8, 4) is 22.4 Å². The summed E-state index contributed by atoms with van der Waals surface area (Å²) in [6.45, 7) is 10.3. The average Bonchev–Trinajstić information content (AvgIpc) is 3.77. The van der Waals surface area contributed by atoms with Crippen molar-refractivity contribution in [3.63, 3.8) is 0 Å². The normalized spacial score (nSPS) is 14.8. The van der Waals surface area contributed by atoms with Gasteiger partial charge in [-0.25, -0.2) is 4.99 Å². The van der Waals surface area contributed by atoms with Gasteiger partial charge < -0.3 is 13.8 Å². The lowest BCUT2D eigenvalue weighted by atomic mass is 9.86. The number of aromatic nitrogens is 1. The van der Waals surface area contributed by atoms with E-state index in [-0.39, 0.29) is 33.4 Å². The molecule has 4 nitrogen and oxygen atoms in total. The van der Waals surface area contributed by atoms with Crippen LogP contribution in [0.2, 0.25) is 0 Å². The van der Waals surface area contributed by atoms with Crippen LogP contribution in [0, 0.1) is 6.92 Å². The van der Waals surface area contributed by atoms with E-state index in [0.29, 0.717) is 33.7 Å². The predicted octanol–water partition coefficient (Wildman–Crippen LogP) is 13.7. The second kappa shape index (κ2) is 16.5. The Hall–Kier alpha value is -5.15. The number of aryl methyl sites for hydroxylation is 1. The van der Waals surface area contributed by atoms with E-state index in [1.807, 2.05) is 90.9 Å². The largest absolute Gasteiger partial charge is 0.598 e. The first-order valence-electron chi connectivity index (χ1n) is 19.7. The van der Waals surface area contributed by atoms with E-state index in [1.165, 1.54) is 0 Å². The minimum atomic E-state index is -6.18. The van der Waals surface area contributed by atoms with Crippen LogP contribution in [0.1, 0.15) is 87.5 Å². The Morgan fingerprint density at radius 1 is 0.565 bits per heavy atom. The molecule has 2 heterocycles. The lowest BCUT2D eigenvalue weighted by Gasteiger charge is -2.27. The second-order valence-corrected chi connectivity index (χ2v) is 17.5. The molecule has 1 aliphatic rings. The molecule has 0 saturated heterocycles.